The van der Waals surface area contributed by atoms with Crippen molar-refractivity contribution in [3.63, 3.8) is 0 Å². The van der Waals surface area contributed by atoms with Gasteiger partial charge in [0.25, 0.3) is 0 Å². The van der Waals surface area contributed by atoms with Crippen LogP contribution in [0.5, 0.6) is 0 Å². The maximum absolute atomic E-state index is 13.2. The average molecular weight is 433 g/mol. The summed E-state index contributed by atoms with van der Waals surface area (Å²) in [5.74, 6) is -1.72. The molecule has 1 fully saturated rings. The van der Waals surface area contributed by atoms with Crippen molar-refractivity contribution in [2.75, 3.05) is 6.54 Å². The number of carbonyl (C=O) groups is 3. The largest absolute Gasteiger partial charge is 0.480 e. The quantitative estimate of drug-likeness (QED) is 0.413. The van der Waals surface area contributed by atoms with Gasteiger partial charge in [-0.15, -0.1) is 0 Å². The minimum atomic E-state index is -0.997. The zero-order valence-corrected chi connectivity index (χ0v) is 18.6. The Kier molecular flexibility index (Phi) is 9.98. The van der Waals surface area contributed by atoms with Gasteiger partial charge in [-0.3, -0.25) is 14.9 Å². The van der Waals surface area contributed by atoms with Crippen LogP contribution < -0.4 is 5.32 Å². The third-order valence-corrected chi connectivity index (χ3v) is 5.91. The van der Waals surface area contributed by atoms with Gasteiger partial charge in [-0.2, -0.15) is 0 Å². The highest BCUT2D eigenvalue weighted by Crippen LogP contribution is 2.21. The summed E-state index contributed by atoms with van der Waals surface area (Å²) in [5, 5.41) is 22.3. The molecule has 1 saturated heterocycles. The molecule has 1 aliphatic heterocycles. The van der Waals surface area contributed by atoms with Crippen LogP contribution in [0.2, 0.25) is 0 Å². The predicted molar refractivity (Wildman–Crippen MR) is 119 cm³/mol. The lowest BCUT2D eigenvalue weighted by Crippen LogP contribution is -2.54. The summed E-state index contributed by atoms with van der Waals surface area (Å²) in [4.78, 5) is 38.1. The highest BCUT2D eigenvalue weighted by molar-refractivity contribution is 5.88. The van der Waals surface area contributed by atoms with Crippen molar-refractivity contribution < 1.29 is 24.6 Å². The Balaban J connectivity index is 2.08. The standard InChI is InChI=1S/C24H36N2O5/c1-17(2)9-6-7-12-19(22(27)26-16-8-13-21(26)24(30)31)25-20(23(28)29)15-14-18-10-4-3-5-11-18/h3-5,10-11,17,19-21,25H,6-9,12-16H2,1-2H3,(H,28,29)(H,30,31)/t19-,20-,21-/m0/s1. The summed E-state index contributed by atoms with van der Waals surface area (Å²) in [6, 6.07) is 7.27. The minimum Gasteiger partial charge on any atom is -0.480 e. The van der Waals surface area contributed by atoms with Gasteiger partial charge in [0.1, 0.15) is 12.1 Å². The van der Waals surface area contributed by atoms with E-state index < -0.39 is 30.1 Å². The number of amides is 1. The van der Waals surface area contributed by atoms with E-state index in [1.165, 1.54) is 4.90 Å². The maximum atomic E-state index is 13.2. The molecule has 1 aliphatic rings. The number of benzene rings is 1. The minimum absolute atomic E-state index is 0.291. The average Bonchev–Trinajstić information content (AvgIpc) is 3.22. The van der Waals surface area contributed by atoms with E-state index in [-0.39, 0.29) is 5.91 Å². The number of unbranched alkanes of at least 4 members (excludes halogenated alkanes) is 1. The van der Waals surface area contributed by atoms with E-state index in [9.17, 15) is 24.6 Å². The molecule has 0 aliphatic carbocycles. The predicted octanol–water partition coefficient (Wildman–Crippen LogP) is 3.32. The normalized spacial score (nSPS) is 18.2. The van der Waals surface area contributed by atoms with Gasteiger partial charge in [-0.25, -0.2) is 4.79 Å². The van der Waals surface area contributed by atoms with E-state index in [2.05, 4.69) is 19.2 Å². The number of likely N-dealkylation sites (tertiary alicyclic amines) is 1. The highest BCUT2D eigenvalue weighted by Gasteiger charge is 2.38. The summed E-state index contributed by atoms with van der Waals surface area (Å²) >= 11 is 0. The number of hydrogen-bond donors (Lipinski definition) is 3. The molecule has 1 heterocycles. The van der Waals surface area contributed by atoms with Crippen LogP contribution in [0.15, 0.2) is 30.3 Å². The van der Waals surface area contributed by atoms with Crippen LogP contribution in [0.3, 0.4) is 0 Å². The van der Waals surface area contributed by atoms with Crippen LogP contribution in [0.1, 0.15) is 64.4 Å². The van der Waals surface area contributed by atoms with Gasteiger partial charge in [-0.05, 0) is 43.6 Å². The number of rotatable bonds is 13. The monoisotopic (exact) mass is 432 g/mol. The lowest BCUT2D eigenvalue weighted by atomic mass is 10.00. The maximum Gasteiger partial charge on any atom is 0.326 e. The molecule has 3 N–H and O–H groups in total. The molecule has 1 amide bonds. The smallest absolute Gasteiger partial charge is 0.326 e. The van der Waals surface area contributed by atoms with Gasteiger partial charge in [0, 0.05) is 6.54 Å². The van der Waals surface area contributed by atoms with Crippen LogP contribution in [0.4, 0.5) is 0 Å². The number of carboxylic acid groups (broad SMARTS) is 2. The molecule has 2 rings (SSSR count). The number of nitrogens with zero attached hydrogens (tertiary/aromatic N) is 1. The second-order valence-corrected chi connectivity index (χ2v) is 8.84. The molecule has 7 nitrogen and oxygen atoms in total. The fraction of sp³-hybridized carbons (Fsp3) is 0.625. The Hall–Kier alpha value is -2.41. The Bertz CT molecular complexity index is 722. The van der Waals surface area contributed by atoms with Crippen molar-refractivity contribution in [2.24, 2.45) is 5.92 Å². The number of carboxylic acids is 2. The van der Waals surface area contributed by atoms with E-state index in [1.54, 1.807) is 0 Å². The Labute approximate surface area is 184 Å². The third-order valence-electron chi connectivity index (χ3n) is 5.91. The molecule has 0 saturated carbocycles. The molecule has 31 heavy (non-hydrogen) atoms. The molecule has 0 bridgehead atoms. The third kappa shape index (κ3) is 7.98. The number of aryl methyl sites for hydroxylation is 1. The van der Waals surface area contributed by atoms with Crippen molar-refractivity contribution in [1.82, 2.24) is 10.2 Å². The Morgan fingerprint density at radius 2 is 1.71 bits per heavy atom. The van der Waals surface area contributed by atoms with Crippen molar-refractivity contribution in [3.05, 3.63) is 35.9 Å². The Morgan fingerprint density at radius 3 is 2.32 bits per heavy atom. The van der Waals surface area contributed by atoms with E-state index in [4.69, 9.17) is 0 Å². The molecular weight excluding hydrogens is 396 g/mol. The van der Waals surface area contributed by atoms with Crippen molar-refractivity contribution in [1.29, 1.82) is 0 Å². The first-order valence-corrected chi connectivity index (χ1v) is 11.4. The summed E-state index contributed by atoms with van der Waals surface area (Å²) in [6.45, 7) is 4.70. The fourth-order valence-electron chi connectivity index (χ4n) is 4.14. The lowest BCUT2D eigenvalue weighted by Gasteiger charge is -2.29. The van der Waals surface area contributed by atoms with Gasteiger partial charge < -0.3 is 15.1 Å². The molecular formula is C24H36N2O5. The molecule has 1 aromatic rings. The zero-order valence-electron chi connectivity index (χ0n) is 18.6. The van der Waals surface area contributed by atoms with Crippen molar-refractivity contribution in [3.8, 4) is 0 Å². The van der Waals surface area contributed by atoms with E-state index in [0.717, 1.165) is 24.8 Å². The van der Waals surface area contributed by atoms with E-state index >= 15 is 0 Å². The van der Waals surface area contributed by atoms with Crippen LogP contribution in [0.25, 0.3) is 0 Å². The van der Waals surface area contributed by atoms with Gasteiger partial charge in [-0.1, -0.05) is 63.4 Å². The molecule has 0 spiro atoms. The molecule has 3 atom stereocenters. The van der Waals surface area contributed by atoms with Gasteiger partial charge in [0.05, 0.1) is 6.04 Å². The van der Waals surface area contributed by atoms with Gasteiger partial charge >= 0.3 is 11.9 Å². The molecule has 1 aromatic carbocycles. The molecule has 172 valence electrons. The van der Waals surface area contributed by atoms with Gasteiger partial charge in [0.15, 0.2) is 0 Å². The van der Waals surface area contributed by atoms with Crippen LogP contribution in [0, 0.1) is 5.92 Å². The zero-order chi connectivity index (χ0) is 22.8. The van der Waals surface area contributed by atoms with Crippen molar-refractivity contribution >= 4 is 17.8 Å². The molecule has 0 aromatic heterocycles. The van der Waals surface area contributed by atoms with E-state index in [1.807, 2.05) is 30.3 Å². The summed E-state index contributed by atoms with van der Waals surface area (Å²) < 4.78 is 0. The van der Waals surface area contributed by atoms with Crippen LogP contribution in [-0.2, 0) is 20.8 Å². The molecule has 0 radical (unpaired) electrons. The van der Waals surface area contributed by atoms with Crippen molar-refractivity contribution in [2.45, 2.75) is 83.3 Å². The number of carbonyl (C=O) groups excluding carboxylic acids is 1. The van der Waals surface area contributed by atoms with Crippen LogP contribution >= 0.6 is 0 Å². The van der Waals surface area contributed by atoms with Gasteiger partial charge in [0.2, 0.25) is 5.91 Å². The second-order valence-electron chi connectivity index (χ2n) is 8.84. The summed E-state index contributed by atoms with van der Waals surface area (Å²) in [7, 11) is 0. The SMILES string of the molecule is CC(C)CCCC[C@H](N[C@@H](CCc1ccccc1)C(=O)O)C(=O)N1CCC[C@H]1C(=O)O. The first-order chi connectivity index (χ1) is 14.8. The second kappa shape index (κ2) is 12.4. The number of hydrogen-bond acceptors (Lipinski definition) is 4. The molecule has 7 heteroatoms. The molecule has 0 unspecified atom stereocenters. The fourth-order valence-corrected chi connectivity index (χ4v) is 4.14. The first kappa shape index (κ1) is 24.9. The lowest BCUT2D eigenvalue weighted by molar-refractivity contribution is -0.149. The Morgan fingerprint density at radius 1 is 1.03 bits per heavy atom. The summed E-state index contributed by atoms with van der Waals surface area (Å²) in [6.07, 6.45) is 5.32. The number of nitrogens with one attached hydrogen (secondary N) is 1. The first-order valence-electron chi connectivity index (χ1n) is 11.4. The van der Waals surface area contributed by atoms with Crippen LogP contribution in [-0.4, -0.2) is 57.6 Å². The van der Waals surface area contributed by atoms with E-state index in [0.29, 0.717) is 44.6 Å². The summed E-state index contributed by atoms with van der Waals surface area (Å²) in [5.41, 5.74) is 1.04. The highest BCUT2D eigenvalue weighted by atomic mass is 16.4. The topological polar surface area (TPSA) is 107 Å². The number of aliphatic carboxylic acids is 2.